The first-order valence-corrected chi connectivity index (χ1v) is 12.2. The molecule has 1 aliphatic heterocycles. The van der Waals surface area contributed by atoms with Gasteiger partial charge in [0.15, 0.2) is 11.2 Å². The largest absolute Gasteiger partial charge is 0.451 e. The van der Waals surface area contributed by atoms with Crippen LogP contribution in [0.25, 0.3) is 11.0 Å². The summed E-state index contributed by atoms with van der Waals surface area (Å²) in [6, 6.07) is 10.2. The second kappa shape index (κ2) is 9.05. The molecule has 1 saturated heterocycles. The van der Waals surface area contributed by atoms with Gasteiger partial charge in [0.25, 0.3) is 5.91 Å². The average molecular weight is 475 g/mol. The number of amides is 1. The Bertz CT molecular complexity index is 1320. The van der Waals surface area contributed by atoms with Gasteiger partial charge >= 0.3 is 0 Å². The highest BCUT2D eigenvalue weighted by atomic mass is 35.5. The van der Waals surface area contributed by atoms with Crippen LogP contribution in [0.5, 0.6) is 0 Å². The minimum atomic E-state index is -3.57. The summed E-state index contributed by atoms with van der Waals surface area (Å²) in [4.78, 5) is 25.2. The topological polar surface area (TPSA) is 96.7 Å². The minimum absolute atomic E-state index is 0.148. The molecule has 4 rings (SSSR count). The smallest absolute Gasteiger partial charge is 0.291 e. The molecule has 32 heavy (non-hydrogen) atoms. The predicted molar refractivity (Wildman–Crippen MR) is 124 cm³/mol. The Morgan fingerprint density at radius 2 is 1.69 bits per heavy atom. The molecule has 2 heterocycles. The van der Waals surface area contributed by atoms with Crippen molar-refractivity contribution in [1.29, 1.82) is 0 Å². The number of nitrogens with one attached hydrogen (secondary N) is 1. The molecule has 2 aromatic carbocycles. The summed E-state index contributed by atoms with van der Waals surface area (Å²) in [5.74, 6) is -0.759. The van der Waals surface area contributed by atoms with Gasteiger partial charge in [0, 0.05) is 29.9 Å². The van der Waals surface area contributed by atoms with Crippen LogP contribution in [0.1, 0.15) is 41.8 Å². The number of carbonyl (C=O) groups excluding carboxylic acids is 1. The SMILES string of the molecule is Cc1cc2oc(C(=O)Nc3ccc(S(=O)(=O)N4CCCCCC4)cc3)cc(=O)c2cc1Cl. The molecule has 1 fully saturated rings. The van der Waals surface area contributed by atoms with Crippen molar-refractivity contribution in [2.75, 3.05) is 18.4 Å². The van der Waals surface area contributed by atoms with E-state index in [2.05, 4.69) is 5.32 Å². The monoisotopic (exact) mass is 474 g/mol. The Morgan fingerprint density at radius 1 is 1.03 bits per heavy atom. The lowest BCUT2D eigenvalue weighted by molar-refractivity contribution is 0.0997. The fourth-order valence-corrected chi connectivity index (χ4v) is 5.40. The fraction of sp³-hybridized carbons (Fsp3) is 0.304. The molecule has 1 aromatic heterocycles. The fourth-order valence-electron chi connectivity index (χ4n) is 3.72. The molecule has 1 aliphatic rings. The maximum atomic E-state index is 12.9. The zero-order valence-electron chi connectivity index (χ0n) is 17.6. The van der Waals surface area contributed by atoms with Crippen LogP contribution in [-0.4, -0.2) is 31.7 Å². The van der Waals surface area contributed by atoms with Gasteiger partial charge in [-0.3, -0.25) is 9.59 Å². The first-order chi connectivity index (χ1) is 15.3. The summed E-state index contributed by atoms with van der Waals surface area (Å²) >= 11 is 6.07. The van der Waals surface area contributed by atoms with Gasteiger partial charge in [-0.15, -0.1) is 0 Å². The molecule has 0 spiro atoms. The third-order valence-corrected chi connectivity index (χ3v) is 7.87. The molecular weight excluding hydrogens is 452 g/mol. The molecule has 0 unspecified atom stereocenters. The van der Waals surface area contributed by atoms with Crippen molar-refractivity contribution < 1.29 is 17.6 Å². The number of aryl methyl sites for hydroxylation is 1. The zero-order chi connectivity index (χ0) is 22.9. The van der Waals surface area contributed by atoms with E-state index < -0.39 is 15.9 Å². The first-order valence-electron chi connectivity index (χ1n) is 10.4. The maximum Gasteiger partial charge on any atom is 0.291 e. The van der Waals surface area contributed by atoms with Crippen LogP contribution < -0.4 is 10.7 Å². The van der Waals surface area contributed by atoms with Gasteiger partial charge in [0.05, 0.1) is 10.3 Å². The summed E-state index contributed by atoms with van der Waals surface area (Å²) in [7, 11) is -3.57. The van der Waals surface area contributed by atoms with Crippen molar-refractivity contribution in [3.63, 3.8) is 0 Å². The van der Waals surface area contributed by atoms with E-state index in [-0.39, 0.29) is 21.7 Å². The lowest BCUT2D eigenvalue weighted by atomic mass is 10.1. The van der Waals surface area contributed by atoms with E-state index in [9.17, 15) is 18.0 Å². The summed E-state index contributed by atoms with van der Waals surface area (Å²) in [5, 5.41) is 3.37. The van der Waals surface area contributed by atoms with Gasteiger partial charge in [-0.25, -0.2) is 8.42 Å². The lowest BCUT2D eigenvalue weighted by Crippen LogP contribution is -2.31. The summed E-state index contributed by atoms with van der Waals surface area (Å²) in [5.41, 5.74) is 1.00. The van der Waals surface area contributed by atoms with Gasteiger partial charge < -0.3 is 9.73 Å². The normalized spacial score (nSPS) is 15.4. The first kappa shape index (κ1) is 22.5. The Kier molecular flexibility index (Phi) is 6.37. The number of nitrogens with zero attached hydrogens (tertiary/aromatic N) is 1. The maximum absolute atomic E-state index is 12.9. The molecule has 1 amide bonds. The van der Waals surface area contributed by atoms with Crippen LogP contribution in [0, 0.1) is 6.92 Å². The van der Waals surface area contributed by atoms with E-state index in [1.807, 2.05) is 0 Å². The molecule has 168 valence electrons. The van der Waals surface area contributed by atoms with E-state index in [1.165, 1.54) is 34.6 Å². The van der Waals surface area contributed by atoms with E-state index in [0.29, 0.717) is 29.2 Å². The van der Waals surface area contributed by atoms with Crippen LogP contribution >= 0.6 is 11.6 Å². The van der Waals surface area contributed by atoms with Gasteiger partial charge in [0.2, 0.25) is 10.0 Å². The molecule has 3 aromatic rings. The number of benzene rings is 2. The number of hydrogen-bond donors (Lipinski definition) is 1. The Balaban J connectivity index is 1.54. The Morgan fingerprint density at radius 3 is 2.34 bits per heavy atom. The second-order valence-corrected chi connectivity index (χ2v) is 10.2. The number of halogens is 1. The predicted octanol–water partition coefficient (Wildman–Crippen LogP) is 4.57. The van der Waals surface area contributed by atoms with Crippen molar-refractivity contribution in [2.24, 2.45) is 0 Å². The summed E-state index contributed by atoms with van der Waals surface area (Å²) < 4.78 is 32.9. The highest BCUT2D eigenvalue weighted by Gasteiger charge is 2.25. The van der Waals surface area contributed by atoms with E-state index in [1.54, 1.807) is 13.0 Å². The number of anilines is 1. The third-order valence-electron chi connectivity index (χ3n) is 5.55. The molecule has 0 aliphatic carbocycles. The molecule has 0 bridgehead atoms. The van der Waals surface area contributed by atoms with Crippen LogP contribution in [0.4, 0.5) is 5.69 Å². The Labute approximate surface area is 191 Å². The number of hydrogen-bond acceptors (Lipinski definition) is 5. The second-order valence-electron chi connectivity index (χ2n) is 7.87. The van der Waals surface area contributed by atoms with Crippen molar-refractivity contribution in [3.8, 4) is 0 Å². The molecule has 0 atom stereocenters. The molecule has 0 radical (unpaired) electrons. The lowest BCUT2D eigenvalue weighted by Gasteiger charge is -2.20. The quantitative estimate of drug-likeness (QED) is 0.597. The molecule has 0 saturated carbocycles. The third kappa shape index (κ3) is 4.57. The van der Waals surface area contributed by atoms with Gasteiger partial charge in [0.1, 0.15) is 5.58 Å². The summed E-state index contributed by atoms with van der Waals surface area (Å²) in [6.45, 7) is 2.81. The minimum Gasteiger partial charge on any atom is -0.451 e. The molecular formula is C23H23ClN2O5S. The van der Waals surface area contributed by atoms with Gasteiger partial charge in [-0.05, 0) is 61.7 Å². The van der Waals surface area contributed by atoms with Crippen molar-refractivity contribution >= 4 is 44.2 Å². The standard InChI is InChI=1S/C23H23ClN2O5S/c1-15-12-21-18(13-19(15)24)20(27)14-22(31-21)23(28)25-16-6-8-17(9-7-16)32(29,30)26-10-4-2-3-5-11-26/h6-9,12-14H,2-5,10-11H2,1H3,(H,25,28). The van der Waals surface area contributed by atoms with Crippen LogP contribution in [-0.2, 0) is 10.0 Å². The van der Waals surface area contributed by atoms with E-state index in [0.717, 1.165) is 37.3 Å². The van der Waals surface area contributed by atoms with Crippen LogP contribution in [0.15, 0.2) is 56.6 Å². The van der Waals surface area contributed by atoms with E-state index in [4.69, 9.17) is 16.0 Å². The number of rotatable bonds is 4. The van der Waals surface area contributed by atoms with Crippen molar-refractivity contribution in [2.45, 2.75) is 37.5 Å². The average Bonchev–Trinajstić information content (AvgIpc) is 3.06. The molecule has 9 heteroatoms. The highest BCUT2D eigenvalue weighted by Crippen LogP contribution is 2.24. The number of carbonyl (C=O) groups is 1. The Hall–Kier alpha value is -2.68. The molecule has 1 N–H and O–H groups in total. The van der Waals surface area contributed by atoms with E-state index >= 15 is 0 Å². The van der Waals surface area contributed by atoms with Crippen LogP contribution in [0.2, 0.25) is 5.02 Å². The van der Waals surface area contributed by atoms with Gasteiger partial charge in [-0.1, -0.05) is 24.4 Å². The van der Waals surface area contributed by atoms with Crippen molar-refractivity contribution in [3.05, 3.63) is 69.0 Å². The molecule has 7 nitrogen and oxygen atoms in total. The number of sulfonamides is 1. The zero-order valence-corrected chi connectivity index (χ0v) is 19.1. The van der Waals surface area contributed by atoms with Gasteiger partial charge in [-0.2, -0.15) is 4.31 Å². The highest BCUT2D eigenvalue weighted by molar-refractivity contribution is 7.89. The van der Waals surface area contributed by atoms with Crippen LogP contribution in [0.3, 0.4) is 0 Å². The summed E-state index contributed by atoms with van der Waals surface area (Å²) in [6.07, 6.45) is 3.79. The number of fused-ring (bicyclic) bond motifs is 1. The van der Waals surface area contributed by atoms with Crippen molar-refractivity contribution in [1.82, 2.24) is 4.31 Å².